The first-order chi connectivity index (χ1) is 9.88. The maximum atomic E-state index is 12.2. The summed E-state index contributed by atoms with van der Waals surface area (Å²) in [5.41, 5.74) is 7.22. The number of nitrogen functional groups attached to an aromatic ring is 1. The summed E-state index contributed by atoms with van der Waals surface area (Å²) in [6, 6.07) is 4.54. The molecule has 0 saturated heterocycles. The quantitative estimate of drug-likeness (QED) is 0.655. The van der Waals surface area contributed by atoms with Crippen molar-refractivity contribution in [1.82, 2.24) is 9.97 Å². The number of hydrogen-bond donors (Lipinski definition) is 2. The number of nitrogens with zero attached hydrogens (tertiary/aromatic N) is 3. The SMILES string of the molecule is Cc1ccc(NC(=O)c2cc([N+](=O)[O-])cnc2N)c(C)n1. The number of nitro groups is 1. The Hall–Kier alpha value is -3.03. The summed E-state index contributed by atoms with van der Waals surface area (Å²) in [5, 5.41) is 13.3. The Morgan fingerprint density at radius 1 is 1.38 bits per heavy atom. The largest absolute Gasteiger partial charge is 0.383 e. The summed E-state index contributed by atoms with van der Waals surface area (Å²) in [7, 11) is 0. The molecule has 2 aromatic rings. The highest BCUT2D eigenvalue weighted by Gasteiger charge is 2.17. The Bertz CT molecular complexity index is 730. The van der Waals surface area contributed by atoms with Crippen LogP contribution in [0.25, 0.3) is 0 Å². The summed E-state index contributed by atoms with van der Waals surface area (Å²) in [4.78, 5) is 30.1. The fourth-order valence-corrected chi connectivity index (χ4v) is 1.75. The Morgan fingerprint density at radius 2 is 2.10 bits per heavy atom. The van der Waals surface area contributed by atoms with E-state index in [1.54, 1.807) is 19.1 Å². The van der Waals surface area contributed by atoms with Crippen molar-refractivity contribution in [2.45, 2.75) is 13.8 Å². The van der Waals surface area contributed by atoms with Crippen LogP contribution in [0.5, 0.6) is 0 Å². The van der Waals surface area contributed by atoms with Gasteiger partial charge < -0.3 is 11.1 Å². The fourth-order valence-electron chi connectivity index (χ4n) is 1.75. The topological polar surface area (TPSA) is 124 Å². The van der Waals surface area contributed by atoms with Crippen molar-refractivity contribution in [3.05, 3.63) is 51.5 Å². The molecule has 8 heteroatoms. The molecule has 0 bridgehead atoms. The number of carbonyl (C=O) groups excluding carboxylic acids is 1. The molecule has 0 aliphatic heterocycles. The second-order valence-electron chi connectivity index (χ2n) is 4.42. The predicted molar refractivity (Wildman–Crippen MR) is 77.0 cm³/mol. The number of hydrogen-bond acceptors (Lipinski definition) is 6. The van der Waals surface area contributed by atoms with Crippen molar-refractivity contribution in [2.24, 2.45) is 0 Å². The zero-order valence-corrected chi connectivity index (χ0v) is 11.5. The van der Waals surface area contributed by atoms with Gasteiger partial charge in [-0.05, 0) is 26.0 Å². The number of nitrogens with one attached hydrogen (secondary N) is 1. The molecule has 21 heavy (non-hydrogen) atoms. The number of anilines is 2. The molecule has 0 aliphatic carbocycles. The van der Waals surface area contributed by atoms with Crippen LogP contribution in [-0.4, -0.2) is 20.8 Å². The van der Waals surface area contributed by atoms with Crippen LogP contribution in [0.15, 0.2) is 24.4 Å². The number of pyridine rings is 2. The van der Waals surface area contributed by atoms with Crippen molar-refractivity contribution < 1.29 is 9.72 Å². The molecule has 8 nitrogen and oxygen atoms in total. The van der Waals surface area contributed by atoms with Crippen molar-refractivity contribution in [1.29, 1.82) is 0 Å². The van der Waals surface area contributed by atoms with Crippen molar-refractivity contribution in [2.75, 3.05) is 11.1 Å². The molecular formula is C13H13N5O3. The van der Waals surface area contributed by atoms with E-state index in [9.17, 15) is 14.9 Å². The standard InChI is InChI=1S/C13H13N5O3/c1-7-3-4-11(8(2)16-7)17-13(19)10-5-9(18(20)21)6-15-12(10)14/h3-6H,1-2H3,(H2,14,15)(H,17,19). The maximum Gasteiger partial charge on any atom is 0.288 e. The van der Waals surface area contributed by atoms with Gasteiger partial charge in [0.05, 0.1) is 21.9 Å². The lowest BCUT2D eigenvalue weighted by molar-refractivity contribution is -0.385. The van der Waals surface area contributed by atoms with Gasteiger partial charge in [0.2, 0.25) is 0 Å². The highest BCUT2D eigenvalue weighted by atomic mass is 16.6. The normalized spacial score (nSPS) is 10.2. The second-order valence-corrected chi connectivity index (χ2v) is 4.42. The molecule has 0 unspecified atom stereocenters. The van der Waals surface area contributed by atoms with Gasteiger partial charge in [0.1, 0.15) is 12.0 Å². The Morgan fingerprint density at radius 3 is 2.71 bits per heavy atom. The molecule has 3 N–H and O–H groups in total. The molecule has 0 radical (unpaired) electrons. The van der Waals surface area contributed by atoms with Gasteiger partial charge in [-0.1, -0.05) is 0 Å². The van der Waals surface area contributed by atoms with Crippen LogP contribution in [0.1, 0.15) is 21.7 Å². The number of aromatic nitrogens is 2. The van der Waals surface area contributed by atoms with Crippen LogP contribution in [0, 0.1) is 24.0 Å². The molecule has 108 valence electrons. The third-order valence-electron chi connectivity index (χ3n) is 2.83. The molecule has 1 amide bonds. The van der Waals surface area contributed by atoms with Gasteiger partial charge in [0, 0.05) is 11.8 Å². The molecule has 0 fully saturated rings. The van der Waals surface area contributed by atoms with Crippen LogP contribution in [0.2, 0.25) is 0 Å². The third-order valence-corrected chi connectivity index (χ3v) is 2.83. The zero-order valence-electron chi connectivity index (χ0n) is 11.5. The summed E-state index contributed by atoms with van der Waals surface area (Å²) in [6.45, 7) is 3.58. The van der Waals surface area contributed by atoms with Crippen molar-refractivity contribution >= 4 is 23.1 Å². The van der Waals surface area contributed by atoms with Crippen LogP contribution < -0.4 is 11.1 Å². The van der Waals surface area contributed by atoms with E-state index < -0.39 is 10.8 Å². The molecule has 2 aromatic heterocycles. The summed E-state index contributed by atoms with van der Waals surface area (Å²) < 4.78 is 0. The van der Waals surface area contributed by atoms with Crippen molar-refractivity contribution in [3.63, 3.8) is 0 Å². The van der Waals surface area contributed by atoms with Crippen LogP contribution in [0.4, 0.5) is 17.2 Å². The van der Waals surface area contributed by atoms with E-state index in [2.05, 4.69) is 15.3 Å². The third kappa shape index (κ3) is 3.11. The van der Waals surface area contributed by atoms with E-state index in [1.807, 2.05) is 6.92 Å². The molecule has 2 rings (SSSR count). The van der Waals surface area contributed by atoms with Gasteiger partial charge >= 0.3 is 0 Å². The second kappa shape index (κ2) is 5.53. The lowest BCUT2D eigenvalue weighted by atomic mass is 10.2. The van der Waals surface area contributed by atoms with E-state index in [1.165, 1.54) is 0 Å². The van der Waals surface area contributed by atoms with Crippen LogP contribution in [-0.2, 0) is 0 Å². The molecule has 0 aromatic carbocycles. The number of nitrogens with two attached hydrogens (primary N) is 1. The monoisotopic (exact) mass is 287 g/mol. The minimum absolute atomic E-state index is 0.0517. The van der Waals surface area contributed by atoms with E-state index in [0.717, 1.165) is 18.0 Å². The van der Waals surface area contributed by atoms with E-state index in [4.69, 9.17) is 5.73 Å². The molecule has 0 spiro atoms. The maximum absolute atomic E-state index is 12.2. The smallest absolute Gasteiger partial charge is 0.288 e. The van der Waals surface area contributed by atoms with Gasteiger partial charge in [0.15, 0.2) is 0 Å². The molecule has 0 saturated carbocycles. The number of carbonyl (C=O) groups is 1. The molecule has 0 atom stereocenters. The van der Waals surface area contributed by atoms with E-state index in [-0.39, 0.29) is 17.1 Å². The lowest BCUT2D eigenvalue weighted by Crippen LogP contribution is -2.16. The average Bonchev–Trinajstić information content (AvgIpc) is 2.42. The average molecular weight is 287 g/mol. The first-order valence-corrected chi connectivity index (χ1v) is 6.04. The Balaban J connectivity index is 2.32. The van der Waals surface area contributed by atoms with Gasteiger partial charge in [-0.2, -0.15) is 0 Å². The van der Waals surface area contributed by atoms with Crippen LogP contribution in [0.3, 0.4) is 0 Å². The zero-order chi connectivity index (χ0) is 15.6. The minimum Gasteiger partial charge on any atom is -0.383 e. The van der Waals surface area contributed by atoms with E-state index in [0.29, 0.717) is 11.4 Å². The van der Waals surface area contributed by atoms with Crippen molar-refractivity contribution in [3.8, 4) is 0 Å². The highest BCUT2D eigenvalue weighted by Crippen LogP contribution is 2.19. The fraction of sp³-hybridized carbons (Fsp3) is 0.154. The summed E-state index contributed by atoms with van der Waals surface area (Å²) in [5.74, 6) is -0.645. The molecular weight excluding hydrogens is 274 g/mol. The first kappa shape index (κ1) is 14.4. The van der Waals surface area contributed by atoms with Crippen LogP contribution >= 0.6 is 0 Å². The minimum atomic E-state index is -0.637. The van der Waals surface area contributed by atoms with Gasteiger partial charge in [-0.3, -0.25) is 19.9 Å². The summed E-state index contributed by atoms with van der Waals surface area (Å²) in [6.07, 6.45) is 1.00. The Kier molecular flexibility index (Phi) is 3.79. The number of amides is 1. The van der Waals surface area contributed by atoms with Gasteiger partial charge in [0.25, 0.3) is 11.6 Å². The van der Waals surface area contributed by atoms with Gasteiger partial charge in [-0.15, -0.1) is 0 Å². The van der Waals surface area contributed by atoms with Gasteiger partial charge in [-0.25, -0.2) is 4.98 Å². The highest BCUT2D eigenvalue weighted by molar-refractivity contribution is 6.07. The Labute approximate surface area is 120 Å². The lowest BCUT2D eigenvalue weighted by Gasteiger charge is -2.09. The molecule has 0 aliphatic rings. The van der Waals surface area contributed by atoms with E-state index >= 15 is 0 Å². The molecule has 2 heterocycles. The first-order valence-electron chi connectivity index (χ1n) is 6.04. The number of rotatable bonds is 3. The number of aryl methyl sites for hydroxylation is 2. The summed E-state index contributed by atoms with van der Waals surface area (Å²) >= 11 is 0. The predicted octanol–water partition coefficient (Wildman–Crippen LogP) is 1.84.